The summed E-state index contributed by atoms with van der Waals surface area (Å²) < 4.78 is 0.756. The van der Waals surface area contributed by atoms with Crippen LogP contribution in [0, 0.1) is 0 Å². The Hall–Kier alpha value is -0.450. The Morgan fingerprint density at radius 3 is 2.62 bits per heavy atom. The van der Waals surface area contributed by atoms with Crippen molar-refractivity contribution in [3.05, 3.63) is 26.7 Å². The molecule has 0 spiro atoms. The minimum atomic E-state index is -0.0539. The predicted octanol–water partition coefficient (Wildman–Crippen LogP) is 3.30. The number of carbonyl (C=O) groups excluding carboxylic acids is 1. The van der Waals surface area contributed by atoms with Gasteiger partial charge in [-0.1, -0.05) is 23.2 Å². The highest BCUT2D eigenvalue weighted by molar-refractivity contribution is 9.10. The topological polar surface area (TPSA) is 41.1 Å². The number of hydrogen-bond donors (Lipinski definition) is 2. The van der Waals surface area contributed by atoms with E-state index in [9.17, 15) is 4.79 Å². The van der Waals surface area contributed by atoms with Crippen molar-refractivity contribution in [3.8, 4) is 0 Å². The number of nitrogens with one attached hydrogen (secondary N) is 2. The fraction of sp³-hybridized carbons (Fsp3) is 0.300. The zero-order chi connectivity index (χ0) is 12.1. The van der Waals surface area contributed by atoms with Crippen molar-refractivity contribution >= 4 is 50.7 Å². The summed E-state index contributed by atoms with van der Waals surface area (Å²) in [5, 5.41) is 6.71. The molecule has 0 saturated heterocycles. The molecule has 3 nitrogen and oxygen atoms in total. The molecule has 0 heterocycles. The van der Waals surface area contributed by atoms with Crippen molar-refractivity contribution in [1.82, 2.24) is 5.32 Å². The third-order valence-corrected chi connectivity index (χ3v) is 3.62. The highest BCUT2D eigenvalue weighted by Crippen LogP contribution is 2.35. The number of hydrogen-bond acceptors (Lipinski definition) is 2. The van der Waals surface area contributed by atoms with Gasteiger partial charge in [-0.3, -0.25) is 4.79 Å². The van der Waals surface area contributed by atoms with E-state index in [0.29, 0.717) is 23.1 Å². The summed E-state index contributed by atoms with van der Waals surface area (Å²) in [5.74, 6) is -0.0539. The number of benzene rings is 1. The van der Waals surface area contributed by atoms with Crippen LogP contribution in [0.5, 0.6) is 0 Å². The van der Waals surface area contributed by atoms with Crippen molar-refractivity contribution in [2.75, 3.05) is 18.4 Å². The fourth-order valence-corrected chi connectivity index (χ4v) is 1.94. The Kier molecular flexibility index (Phi) is 5.38. The lowest BCUT2D eigenvalue weighted by Gasteiger charge is -2.10. The molecule has 16 heavy (non-hydrogen) atoms. The van der Waals surface area contributed by atoms with E-state index in [0.717, 1.165) is 10.2 Å². The van der Waals surface area contributed by atoms with Crippen molar-refractivity contribution in [2.45, 2.75) is 6.92 Å². The normalized spacial score (nSPS) is 10.0. The van der Waals surface area contributed by atoms with Gasteiger partial charge in [0, 0.05) is 24.5 Å². The highest BCUT2D eigenvalue weighted by atomic mass is 79.9. The van der Waals surface area contributed by atoms with Crippen LogP contribution in [0.1, 0.15) is 6.92 Å². The van der Waals surface area contributed by atoms with E-state index in [1.165, 1.54) is 6.92 Å². The summed E-state index contributed by atoms with van der Waals surface area (Å²) in [4.78, 5) is 10.6. The van der Waals surface area contributed by atoms with Crippen LogP contribution in [0.2, 0.25) is 10.0 Å². The fourth-order valence-electron chi connectivity index (χ4n) is 1.10. The molecule has 0 radical (unpaired) electrons. The van der Waals surface area contributed by atoms with Crippen LogP contribution in [0.15, 0.2) is 16.6 Å². The van der Waals surface area contributed by atoms with Gasteiger partial charge in [-0.2, -0.15) is 0 Å². The molecular weight excluding hydrogens is 315 g/mol. The summed E-state index contributed by atoms with van der Waals surface area (Å²) in [7, 11) is 0. The van der Waals surface area contributed by atoms with Gasteiger partial charge in [0.05, 0.1) is 15.7 Å². The number of rotatable bonds is 4. The highest BCUT2D eigenvalue weighted by Gasteiger charge is 2.07. The third-order valence-electron chi connectivity index (χ3n) is 1.85. The molecule has 0 unspecified atom stereocenters. The molecule has 0 fully saturated rings. The van der Waals surface area contributed by atoms with Crippen molar-refractivity contribution in [3.63, 3.8) is 0 Å². The molecular formula is C10H11BrCl2N2O. The molecule has 88 valence electrons. The second-order valence-electron chi connectivity index (χ2n) is 3.13. The minimum absolute atomic E-state index is 0.0539. The molecule has 0 bridgehead atoms. The van der Waals surface area contributed by atoms with Crippen LogP contribution >= 0.6 is 39.1 Å². The van der Waals surface area contributed by atoms with Crippen molar-refractivity contribution in [2.24, 2.45) is 0 Å². The summed E-state index contributed by atoms with van der Waals surface area (Å²) in [6.07, 6.45) is 0. The first-order chi connectivity index (χ1) is 7.52. The van der Waals surface area contributed by atoms with Gasteiger partial charge in [0.15, 0.2) is 0 Å². The zero-order valence-corrected chi connectivity index (χ0v) is 11.7. The molecule has 0 aromatic heterocycles. The number of carbonyl (C=O) groups is 1. The first-order valence-corrected chi connectivity index (χ1v) is 6.19. The summed E-state index contributed by atoms with van der Waals surface area (Å²) in [5.41, 5.74) is 0.750. The van der Waals surface area contributed by atoms with E-state index in [2.05, 4.69) is 26.6 Å². The SMILES string of the molecule is CC(=O)NCCNc1ccc(Br)c(Cl)c1Cl. The summed E-state index contributed by atoms with van der Waals surface area (Å²) in [6.45, 7) is 2.61. The Bertz CT molecular complexity index is 399. The second kappa shape index (κ2) is 6.33. The molecule has 1 aromatic rings. The van der Waals surface area contributed by atoms with E-state index in [1.54, 1.807) is 0 Å². The predicted molar refractivity (Wildman–Crippen MR) is 71.3 cm³/mol. The van der Waals surface area contributed by atoms with Crippen LogP contribution in [0.25, 0.3) is 0 Å². The van der Waals surface area contributed by atoms with E-state index < -0.39 is 0 Å². The lowest BCUT2D eigenvalue weighted by Crippen LogP contribution is -2.26. The van der Waals surface area contributed by atoms with E-state index in [4.69, 9.17) is 23.2 Å². The van der Waals surface area contributed by atoms with Gasteiger partial charge in [0.25, 0.3) is 0 Å². The van der Waals surface area contributed by atoms with Gasteiger partial charge in [-0.05, 0) is 28.1 Å². The van der Waals surface area contributed by atoms with Crippen molar-refractivity contribution < 1.29 is 4.79 Å². The van der Waals surface area contributed by atoms with E-state index in [1.807, 2.05) is 12.1 Å². The van der Waals surface area contributed by atoms with E-state index in [-0.39, 0.29) is 5.91 Å². The smallest absolute Gasteiger partial charge is 0.216 e. The van der Waals surface area contributed by atoms with Gasteiger partial charge in [-0.15, -0.1) is 0 Å². The van der Waals surface area contributed by atoms with Crippen LogP contribution in [0.3, 0.4) is 0 Å². The quantitative estimate of drug-likeness (QED) is 0.658. The molecule has 0 aliphatic carbocycles. The van der Waals surface area contributed by atoms with Crippen LogP contribution in [0.4, 0.5) is 5.69 Å². The largest absolute Gasteiger partial charge is 0.382 e. The Morgan fingerprint density at radius 1 is 1.31 bits per heavy atom. The second-order valence-corrected chi connectivity index (χ2v) is 4.74. The number of amides is 1. The van der Waals surface area contributed by atoms with Gasteiger partial charge in [0.1, 0.15) is 0 Å². The van der Waals surface area contributed by atoms with Crippen LogP contribution < -0.4 is 10.6 Å². The molecule has 0 aliphatic rings. The molecule has 2 N–H and O–H groups in total. The molecule has 0 saturated carbocycles. The first-order valence-electron chi connectivity index (χ1n) is 4.64. The summed E-state index contributed by atoms with van der Waals surface area (Å²) in [6, 6.07) is 3.64. The monoisotopic (exact) mass is 324 g/mol. The summed E-state index contributed by atoms with van der Waals surface area (Å²) >= 11 is 15.3. The Morgan fingerprint density at radius 2 is 2.00 bits per heavy atom. The average molecular weight is 326 g/mol. The number of anilines is 1. The molecule has 1 aromatic carbocycles. The Labute approximate surface area is 113 Å². The molecule has 0 aliphatic heterocycles. The standard InChI is InChI=1S/C10H11BrCl2N2O/c1-6(16)14-4-5-15-8-3-2-7(11)9(12)10(8)13/h2-3,15H,4-5H2,1H3,(H,14,16). The molecule has 1 amide bonds. The van der Waals surface area contributed by atoms with Crippen LogP contribution in [-0.4, -0.2) is 19.0 Å². The lowest BCUT2D eigenvalue weighted by atomic mass is 10.3. The average Bonchev–Trinajstić information content (AvgIpc) is 2.23. The van der Waals surface area contributed by atoms with Crippen molar-refractivity contribution in [1.29, 1.82) is 0 Å². The number of halogens is 3. The minimum Gasteiger partial charge on any atom is -0.382 e. The third kappa shape index (κ3) is 3.85. The Balaban J connectivity index is 2.55. The van der Waals surface area contributed by atoms with Crippen LogP contribution in [-0.2, 0) is 4.79 Å². The maximum atomic E-state index is 10.6. The van der Waals surface area contributed by atoms with Gasteiger partial charge in [0.2, 0.25) is 5.91 Å². The maximum absolute atomic E-state index is 10.6. The molecule has 1 rings (SSSR count). The maximum Gasteiger partial charge on any atom is 0.216 e. The van der Waals surface area contributed by atoms with Gasteiger partial charge < -0.3 is 10.6 Å². The molecule has 0 atom stereocenters. The van der Waals surface area contributed by atoms with Gasteiger partial charge in [-0.25, -0.2) is 0 Å². The lowest BCUT2D eigenvalue weighted by molar-refractivity contribution is -0.118. The zero-order valence-electron chi connectivity index (χ0n) is 8.61. The molecule has 6 heteroatoms. The van der Waals surface area contributed by atoms with Gasteiger partial charge >= 0.3 is 0 Å². The van der Waals surface area contributed by atoms with E-state index >= 15 is 0 Å². The first kappa shape index (κ1) is 13.6.